The number of fused-ring (bicyclic) bond motifs is 1. The highest BCUT2D eigenvalue weighted by Crippen LogP contribution is 2.49. The number of rotatable bonds is 6. The number of nitrogens with zero attached hydrogens (tertiary/aromatic N) is 1. The van der Waals surface area contributed by atoms with E-state index in [2.05, 4.69) is 0 Å². The van der Waals surface area contributed by atoms with E-state index in [9.17, 15) is 17.2 Å². The minimum atomic E-state index is -4.20. The maximum atomic E-state index is 15.2. The molecule has 2 heterocycles. The standard InChI is InChI=1S/C25H22F3NO5S/c1-32-15-20-3-2-12-29(20)35(30,31)24-14-23-22(13-21(24)28)33-25(34-23,16-4-8-18(26)9-5-16)17-6-10-19(27)11-7-17/h4-11,13-14,20H,2-3,12,15H2,1H3. The zero-order valence-corrected chi connectivity index (χ0v) is 19.5. The van der Waals surface area contributed by atoms with E-state index in [0.717, 1.165) is 12.1 Å². The summed E-state index contributed by atoms with van der Waals surface area (Å²) in [5.41, 5.74) is 0.706. The van der Waals surface area contributed by atoms with Gasteiger partial charge in [-0.25, -0.2) is 21.6 Å². The highest BCUT2D eigenvalue weighted by molar-refractivity contribution is 7.89. The Hall–Kier alpha value is -3.08. The number of hydrogen-bond acceptors (Lipinski definition) is 5. The first-order chi connectivity index (χ1) is 16.7. The summed E-state index contributed by atoms with van der Waals surface area (Å²) in [7, 11) is -2.72. The van der Waals surface area contributed by atoms with E-state index in [-0.39, 0.29) is 24.7 Å². The molecule has 6 nitrogen and oxygen atoms in total. The van der Waals surface area contributed by atoms with Gasteiger partial charge in [-0.2, -0.15) is 4.31 Å². The van der Waals surface area contributed by atoms with Crippen LogP contribution in [0.25, 0.3) is 0 Å². The molecule has 0 amide bonds. The number of methoxy groups -OCH3 is 1. The first kappa shape index (κ1) is 23.7. The molecule has 1 atom stereocenters. The van der Waals surface area contributed by atoms with Crippen molar-refractivity contribution in [2.45, 2.75) is 29.6 Å². The van der Waals surface area contributed by atoms with E-state index in [1.54, 1.807) is 0 Å². The van der Waals surface area contributed by atoms with Gasteiger partial charge in [0.15, 0.2) is 11.5 Å². The Bertz CT molecular complexity index is 1300. The molecule has 3 aromatic carbocycles. The smallest absolute Gasteiger partial charge is 0.305 e. The normalized spacial score (nSPS) is 19.3. The van der Waals surface area contributed by atoms with Crippen LogP contribution in [0.1, 0.15) is 24.0 Å². The molecule has 0 aliphatic carbocycles. The van der Waals surface area contributed by atoms with Gasteiger partial charge in [0, 0.05) is 43.0 Å². The summed E-state index contributed by atoms with van der Waals surface area (Å²) in [6, 6.07) is 12.2. The van der Waals surface area contributed by atoms with Crippen molar-refractivity contribution in [1.82, 2.24) is 4.31 Å². The molecule has 0 N–H and O–H groups in total. The first-order valence-corrected chi connectivity index (χ1v) is 12.4. The molecule has 1 unspecified atom stereocenters. The lowest BCUT2D eigenvalue weighted by Crippen LogP contribution is -2.38. The minimum absolute atomic E-state index is 0.0129. The van der Waals surface area contributed by atoms with Gasteiger partial charge in [0.25, 0.3) is 0 Å². The van der Waals surface area contributed by atoms with Crippen molar-refractivity contribution in [3.63, 3.8) is 0 Å². The Kier molecular flexibility index (Phi) is 5.98. The van der Waals surface area contributed by atoms with E-state index in [1.807, 2.05) is 0 Å². The van der Waals surface area contributed by atoms with Crippen LogP contribution < -0.4 is 9.47 Å². The van der Waals surface area contributed by atoms with E-state index in [1.165, 1.54) is 59.9 Å². The van der Waals surface area contributed by atoms with Crippen LogP contribution in [0.2, 0.25) is 0 Å². The zero-order valence-electron chi connectivity index (χ0n) is 18.7. The average molecular weight is 506 g/mol. The molecule has 1 fully saturated rings. The van der Waals surface area contributed by atoms with E-state index < -0.39 is 44.2 Å². The monoisotopic (exact) mass is 505 g/mol. The van der Waals surface area contributed by atoms with Gasteiger partial charge in [0.2, 0.25) is 10.0 Å². The third kappa shape index (κ3) is 4.05. The van der Waals surface area contributed by atoms with Crippen LogP contribution in [0.4, 0.5) is 13.2 Å². The number of ether oxygens (including phenoxy) is 3. The van der Waals surface area contributed by atoms with Crippen molar-refractivity contribution in [2.75, 3.05) is 20.3 Å². The fourth-order valence-corrected chi connectivity index (χ4v) is 6.30. The Morgan fingerprint density at radius 3 is 2.03 bits per heavy atom. The molecule has 10 heteroatoms. The number of sulfonamides is 1. The molecule has 0 aromatic heterocycles. The van der Waals surface area contributed by atoms with Crippen LogP contribution in [-0.2, 0) is 20.5 Å². The Morgan fingerprint density at radius 1 is 0.943 bits per heavy atom. The van der Waals surface area contributed by atoms with Gasteiger partial charge in [0.05, 0.1) is 6.61 Å². The number of halogens is 3. The second-order valence-corrected chi connectivity index (χ2v) is 10.3. The van der Waals surface area contributed by atoms with Gasteiger partial charge in [-0.15, -0.1) is 0 Å². The number of hydrogen-bond donors (Lipinski definition) is 0. The van der Waals surface area contributed by atoms with E-state index in [4.69, 9.17) is 14.2 Å². The highest BCUT2D eigenvalue weighted by Gasteiger charge is 2.47. The van der Waals surface area contributed by atoms with Crippen molar-refractivity contribution in [2.24, 2.45) is 0 Å². The van der Waals surface area contributed by atoms with E-state index >= 15 is 4.39 Å². The predicted octanol–water partition coefficient (Wildman–Crippen LogP) is 4.58. The predicted molar refractivity (Wildman–Crippen MR) is 120 cm³/mol. The van der Waals surface area contributed by atoms with Crippen LogP contribution in [0.3, 0.4) is 0 Å². The van der Waals surface area contributed by atoms with Gasteiger partial charge in [0.1, 0.15) is 22.3 Å². The van der Waals surface area contributed by atoms with Crippen molar-refractivity contribution in [3.8, 4) is 11.5 Å². The fraction of sp³-hybridized carbons (Fsp3) is 0.280. The van der Waals surface area contributed by atoms with Crippen LogP contribution >= 0.6 is 0 Å². The van der Waals surface area contributed by atoms with Crippen LogP contribution in [0.5, 0.6) is 11.5 Å². The summed E-state index contributed by atoms with van der Waals surface area (Å²) < 4.78 is 87.7. The molecule has 1 saturated heterocycles. The quantitative estimate of drug-likeness (QED) is 0.491. The summed E-state index contributed by atoms with van der Waals surface area (Å²) >= 11 is 0. The van der Waals surface area contributed by atoms with Gasteiger partial charge in [-0.3, -0.25) is 0 Å². The third-order valence-corrected chi connectivity index (χ3v) is 8.19. The molecule has 0 radical (unpaired) electrons. The summed E-state index contributed by atoms with van der Waals surface area (Å²) in [5.74, 6) is -3.73. The summed E-state index contributed by atoms with van der Waals surface area (Å²) in [4.78, 5) is -0.545. The molecular weight excluding hydrogens is 483 g/mol. The second-order valence-electron chi connectivity index (χ2n) is 8.43. The van der Waals surface area contributed by atoms with Gasteiger partial charge in [-0.05, 0) is 61.4 Å². The highest BCUT2D eigenvalue weighted by atomic mass is 32.2. The Balaban J connectivity index is 1.58. The minimum Gasteiger partial charge on any atom is -0.440 e. The number of benzene rings is 3. The lowest BCUT2D eigenvalue weighted by Gasteiger charge is -2.28. The molecular formula is C25H22F3NO5S. The molecule has 0 spiro atoms. The molecule has 35 heavy (non-hydrogen) atoms. The maximum absolute atomic E-state index is 15.2. The first-order valence-electron chi connectivity index (χ1n) is 11.0. The van der Waals surface area contributed by atoms with Crippen LogP contribution in [0, 0.1) is 17.5 Å². The van der Waals surface area contributed by atoms with Gasteiger partial charge in [-0.1, -0.05) is 0 Å². The third-order valence-electron chi connectivity index (χ3n) is 6.22. The molecule has 5 rings (SSSR count). The second kappa shape index (κ2) is 8.85. The molecule has 0 saturated carbocycles. The fourth-order valence-electron chi connectivity index (χ4n) is 4.56. The van der Waals surface area contributed by atoms with Crippen molar-refractivity contribution >= 4 is 10.0 Å². The largest absolute Gasteiger partial charge is 0.440 e. The summed E-state index contributed by atoms with van der Waals surface area (Å²) in [6.07, 6.45) is 1.25. The average Bonchev–Trinajstić information content (AvgIpc) is 3.45. The lowest BCUT2D eigenvalue weighted by molar-refractivity contribution is -0.0460. The molecule has 2 aliphatic rings. The SMILES string of the molecule is COCC1CCCN1S(=O)(=O)c1cc2c(cc1F)OC(c1ccc(F)cc1)(c1ccc(F)cc1)O2. The summed E-state index contributed by atoms with van der Waals surface area (Å²) in [6.45, 7) is 0.447. The molecule has 2 aliphatic heterocycles. The van der Waals surface area contributed by atoms with Crippen molar-refractivity contribution in [3.05, 3.63) is 89.2 Å². The molecule has 184 valence electrons. The molecule has 0 bridgehead atoms. The molecule has 3 aromatic rings. The Morgan fingerprint density at radius 2 is 1.49 bits per heavy atom. The van der Waals surface area contributed by atoms with E-state index in [0.29, 0.717) is 24.0 Å². The maximum Gasteiger partial charge on any atom is 0.305 e. The van der Waals surface area contributed by atoms with Crippen LogP contribution in [0.15, 0.2) is 65.6 Å². The zero-order chi connectivity index (χ0) is 24.8. The van der Waals surface area contributed by atoms with Crippen molar-refractivity contribution < 1.29 is 35.8 Å². The Labute approximate surface area is 200 Å². The van der Waals surface area contributed by atoms with Gasteiger partial charge < -0.3 is 14.2 Å². The lowest BCUT2D eigenvalue weighted by atomic mass is 9.97. The van der Waals surface area contributed by atoms with Gasteiger partial charge >= 0.3 is 5.79 Å². The van der Waals surface area contributed by atoms with Crippen molar-refractivity contribution in [1.29, 1.82) is 0 Å². The topological polar surface area (TPSA) is 65.1 Å². The summed E-state index contributed by atoms with van der Waals surface area (Å²) in [5, 5.41) is 0. The van der Waals surface area contributed by atoms with Crippen LogP contribution in [-0.4, -0.2) is 39.0 Å².